The first-order valence-corrected chi connectivity index (χ1v) is 3.48. The van der Waals surface area contributed by atoms with Gasteiger partial charge in [0, 0.05) is 5.70 Å². The van der Waals surface area contributed by atoms with Gasteiger partial charge in [0.15, 0.2) is 0 Å². The molecule has 0 aromatic heterocycles. The summed E-state index contributed by atoms with van der Waals surface area (Å²) in [5.41, 5.74) is 7.63. The second-order valence-electron chi connectivity index (χ2n) is 2.36. The predicted molar refractivity (Wildman–Crippen MR) is 46.0 cm³/mol. The standard InChI is InChI=1S/C7H14NP/c1-5(2)4-7(9)6(3)8/h4H,8-9H2,1-3H3/b7-6-. The van der Waals surface area contributed by atoms with E-state index in [0.29, 0.717) is 0 Å². The summed E-state index contributed by atoms with van der Waals surface area (Å²) >= 11 is 0. The second-order valence-corrected chi connectivity index (χ2v) is 2.98. The molecule has 1 nitrogen and oxygen atoms in total. The van der Waals surface area contributed by atoms with Gasteiger partial charge in [0.1, 0.15) is 0 Å². The molecule has 0 aliphatic carbocycles. The zero-order valence-corrected chi connectivity index (χ0v) is 7.39. The predicted octanol–water partition coefficient (Wildman–Crippen LogP) is 2.02. The van der Waals surface area contributed by atoms with Crippen LogP contribution in [0.15, 0.2) is 22.7 Å². The van der Waals surface area contributed by atoms with E-state index >= 15 is 0 Å². The highest BCUT2D eigenvalue weighted by molar-refractivity contribution is 7.23. The molecule has 1 atom stereocenters. The molecule has 0 bridgehead atoms. The first kappa shape index (κ1) is 8.71. The van der Waals surface area contributed by atoms with Crippen molar-refractivity contribution >= 4 is 9.24 Å². The van der Waals surface area contributed by atoms with Crippen molar-refractivity contribution in [2.24, 2.45) is 5.73 Å². The Morgan fingerprint density at radius 3 is 1.89 bits per heavy atom. The third-order valence-corrected chi connectivity index (χ3v) is 1.52. The summed E-state index contributed by atoms with van der Waals surface area (Å²) < 4.78 is 0. The number of hydrogen-bond donors (Lipinski definition) is 1. The first-order valence-electron chi connectivity index (χ1n) is 2.90. The normalized spacial score (nSPS) is 12.4. The van der Waals surface area contributed by atoms with E-state index < -0.39 is 0 Å². The summed E-state index contributed by atoms with van der Waals surface area (Å²) in [6, 6.07) is 0. The van der Waals surface area contributed by atoms with E-state index in [1.165, 1.54) is 5.57 Å². The molecule has 0 aromatic rings. The zero-order valence-electron chi connectivity index (χ0n) is 6.23. The van der Waals surface area contributed by atoms with Crippen LogP contribution >= 0.6 is 9.24 Å². The van der Waals surface area contributed by atoms with E-state index in [4.69, 9.17) is 5.73 Å². The Labute approximate surface area is 59.2 Å². The van der Waals surface area contributed by atoms with E-state index in [1.54, 1.807) is 0 Å². The number of hydrogen-bond acceptors (Lipinski definition) is 1. The summed E-state index contributed by atoms with van der Waals surface area (Å²) in [7, 11) is 2.60. The lowest BCUT2D eigenvalue weighted by molar-refractivity contribution is 1.29. The SMILES string of the molecule is CC(C)=C/C(P)=C(\C)N. The van der Waals surface area contributed by atoms with Gasteiger partial charge in [-0.05, 0) is 26.1 Å². The molecule has 0 saturated heterocycles. The van der Waals surface area contributed by atoms with Gasteiger partial charge in [0.05, 0.1) is 0 Å². The van der Waals surface area contributed by atoms with E-state index in [-0.39, 0.29) is 0 Å². The highest BCUT2D eigenvalue weighted by atomic mass is 31.0. The Balaban J connectivity index is 4.25. The van der Waals surface area contributed by atoms with Gasteiger partial charge in [-0.15, -0.1) is 9.24 Å². The zero-order chi connectivity index (χ0) is 7.44. The first-order chi connectivity index (χ1) is 4.04. The van der Waals surface area contributed by atoms with E-state index in [1.807, 2.05) is 26.8 Å². The molecule has 2 N–H and O–H groups in total. The third kappa shape index (κ3) is 4.23. The Bertz CT molecular complexity index is 148. The van der Waals surface area contributed by atoms with Crippen LogP contribution in [-0.2, 0) is 0 Å². The van der Waals surface area contributed by atoms with Crippen LogP contribution < -0.4 is 5.73 Å². The summed E-state index contributed by atoms with van der Waals surface area (Å²) in [6.45, 7) is 5.99. The highest BCUT2D eigenvalue weighted by Gasteiger charge is 1.85. The summed E-state index contributed by atoms with van der Waals surface area (Å²) in [4.78, 5) is 0. The van der Waals surface area contributed by atoms with Crippen molar-refractivity contribution in [2.75, 3.05) is 0 Å². The van der Waals surface area contributed by atoms with Gasteiger partial charge in [-0.25, -0.2) is 0 Å². The van der Waals surface area contributed by atoms with Crippen LogP contribution in [0.5, 0.6) is 0 Å². The minimum Gasteiger partial charge on any atom is -0.402 e. The lowest BCUT2D eigenvalue weighted by Crippen LogP contribution is -1.91. The van der Waals surface area contributed by atoms with Crippen molar-refractivity contribution < 1.29 is 0 Å². The number of allylic oxidation sites excluding steroid dienone is 4. The van der Waals surface area contributed by atoms with Gasteiger partial charge in [-0.2, -0.15) is 0 Å². The van der Waals surface area contributed by atoms with Crippen LogP contribution in [-0.4, -0.2) is 0 Å². The quantitative estimate of drug-likeness (QED) is 0.441. The van der Waals surface area contributed by atoms with Gasteiger partial charge in [-0.1, -0.05) is 11.6 Å². The van der Waals surface area contributed by atoms with Crippen LogP contribution in [0.4, 0.5) is 0 Å². The van der Waals surface area contributed by atoms with Crippen molar-refractivity contribution in [3.8, 4) is 0 Å². The fraction of sp³-hybridized carbons (Fsp3) is 0.429. The van der Waals surface area contributed by atoms with Crippen LogP contribution in [0, 0.1) is 0 Å². The molecule has 2 heteroatoms. The average Bonchev–Trinajstić information content (AvgIpc) is 1.63. The Hall–Kier alpha value is -0.290. The minimum atomic E-state index is 0.862. The van der Waals surface area contributed by atoms with Gasteiger partial charge < -0.3 is 5.73 Å². The van der Waals surface area contributed by atoms with Gasteiger partial charge in [-0.3, -0.25) is 0 Å². The van der Waals surface area contributed by atoms with Crippen LogP contribution in [0.1, 0.15) is 20.8 Å². The lowest BCUT2D eigenvalue weighted by Gasteiger charge is -1.95. The fourth-order valence-electron chi connectivity index (χ4n) is 0.425. The number of nitrogens with two attached hydrogens (primary N) is 1. The average molecular weight is 143 g/mol. The summed E-state index contributed by atoms with van der Waals surface area (Å²) in [6.07, 6.45) is 2.04. The van der Waals surface area contributed by atoms with Crippen molar-refractivity contribution in [3.05, 3.63) is 22.7 Å². The molecule has 0 amide bonds. The maximum Gasteiger partial charge on any atom is 0.0122 e. The molecule has 0 aliphatic heterocycles. The molecule has 0 heterocycles. The largest absolute Gasteiger partial charge is 0.402 e. The van der Waals surface area contributed by atoms with Crippen LogP contribution in [0.2, 0.25) is 0 Å². The molecule has 9 heavy (non-hydrogen) atoms. The molecule has 0 aliphatic rings. The molecular formula is C7H14NP. The molecule has 0 saturated carbocycles. The van der Waals surface area contributed by atoms with Crippen LogP contribution in [0.25, 0.3) is 0 Å². The minimum absolute atomic E-state index is 0.862. The number of rotatable bonds is 1. The van der Waals surface area contributed by atoms with Crippen molar-refractivity contribution in [1.29, 1.82) is 0 Å². The monoisotopic (exact) mass is 143 g/mol. The molecule has 0 spiro atoms. The maximum atomic E-state index is 5.50. The van der Waals surface area contributed by atoms with E-state index in [0.717, 1.165) is 11.0 Å². The second kappa shape index (κ2) is 3.68. The van der Waals surface area contributed by atoms with Crippen molar-refractivity contribution in [2.45, 2.75) is 20.8 Å². The van der Waals surface area contributed by atoms with Crippen LogP contribution in [0.3, 0.4) is 0 Å². The topological polar surface area (TPSA) is 26.0 Å². The molecule has 0 rings (SSSR count). The third-order valence-electron chi connectivity index (χ3n) is 0.900. The Kier molecular flexibility index (Phi) is 3.56. The molecule has 0 aromatic carbocycles. The highest BCUT2D eigenvalue weighted by Crippen LogP contribution is 2.11. The molecule has 0 radical (unpaired) electrons. The molecule has 1 unspecified atom stereocenters. The Morgan fingerprint density at radius 1 is 1.33 bits per heavy atom. The fourth-order valence-corrected chi connectivity index (χ4v) is 0.758. The Morgan fingerprint density at radius 2 is 1.78 bits per heavy atom. The van der Waals surface area contributed by atoms with Gasteiger partial charge in [0.25, 0.3) is 0 Å². The van der Waals surface area contributed by atoms with Crippen molar-refractivity contribution in [3.63, 3.8) is 0 Å². The van der Waals surface area contributed by atoms with E-state index in [2.05, 4.69) is 9.24 Å². The van der Waals surface area contributed by atoms with Gasteiger partial charge in [0.2, 0.25) is 0 Å². The smallest absolute Gasteiger partial charge is 0.0122 e. The maximum absolute atomic E-state index is 5.50. The van der Waals surface area contributed by atoms with Gasteiger partial charge >= 0.3 is 0 Å². The van der Waals surface area contributed by atoms with Crippen molar-refractivity contribution in [1.82, 2.24) is 0 Å². The molecule has 52 valence electrons. The summed E-state index contributed by atoms with van der Waals surface area (Å²) in [5.74, 6) is 0. The molecule has 0 fully saturated rings. The lowest BCUT2D eigenvalue weighted by atomic mass is 10.3. The summed E-state index contributed by atoms with van der Waals surface area (Å²) in [5, 5.41) is 1.08. The van der Waals surface area contributed by atoms with E-state index in [9.17, 15) is 0 Å². The molecular weight excluding hydrogens is 129 g/mol.